The highest BCUT2D eigenvalue weighted by atomic mass is 35.5. The number of benzene rings is 1. The van der Waals surface area contributed by atoms with Crippen LogP contribution in [-0.4, -0.2) is 6.54 Å². The molecule has 0 saturated carbocycles. The molecule has 1 aromatic rings. The Morgan fingerprint density at radius 3 is 2.31 bits per heavy atom. The minimum atomic E-state index is 0.383. The van der Waals surface area contributed by atoms with Crippen LogP contribution in [0, 0.1) is 5.41 Å². The summed E-state index contributed by atoms with van der Waals surface area (Å²) in [6, 6.07) is 8.59. The number of nitrogens with one attached hydrogen (secondary N) is 1. The van der Waals surface area contributed by atoms with E-state index in [2.05, 4.69) is 31.3 Å². The molecule has 1 aliphatic rings. The Kier molecular flexibility index (Phi) is 2.09. The predicted octanol–water partition coefficient (Wildman–Crippen LogP) is 3.01. The minimum absolute atomic E-state index is 0.383. The van der Waals surface area contributed by atoms with Crippen LogP contribution in [-0.2, 0) is 0 Å². The van der Waals surface area contributed by atoms with Crippen LogP contribution >= 0.6 is 11.6 Å². The zero-order valence-electron chi connectivity index (χ0n) is 7.97. The van der Waals surface area contributed by atoms with Gasteiger partial charge in [0.15, 0.2) is 0 Å². The Hall–Kier alpha value is -0.530. The fourth-order valence-corrected chi connectivity index (χ4v) is 1.96. The molecule has 1 atom stereocenters. The third-order valence-electron chi connectivity index (χ3n) is 2.75. The Morgan fingerprint density at radius 2 is 1.92 bits per heavy atom. The fraction of sp³-hybridized carbons (Fsp3) is 0.455. The summed E-state index contributed by atoms with van der Waals surface area (Å²) in [5.74, 6) is 0. The number of rotatable bonds is 1. The average molecular weight is 196 g/mol. The van der Waals surface area contributed by atoms with E-state index in [1.807, 2.05) is 12.1 Å². The first-order valence-corrected chi connectivity index (χ1v) is 4.96. The van der Waals surface area contributed by atoms with E-state index in [9.17, 15) is 0 Å². The monoisotopic (exact) mass is 195 g/mol. The third-order valence-corrected chi connectivity index (χ3v) is 3.00. The van der Waals surface area contributed by atoms with E-state index in [1.165, 1.54) is 5.56 Å². The van der Waals surface area contributed by atoms with Gasteiger partial charge in [0.25, 0.3) is 0 Å². The number of hydrogen-bond donors (Lipinski definition) is 1. The van der Waals surface area contributed by atoms with Crippen LogP contribution in [0.5, 0.6) is 0 Å². The van der Waals surface area contributed by atoms with Gasteiger partial charge in [-0.15, -0.1) is 0 Å². The molecular weight excluding hydrogens is 182 g/mol. The van der Waals surface area contributed by atoms with Crippen molar-refractivity contribution in [3.63, 3.8) is 0 Å². The van der Waals surface area contributed by atoms with Crippen molar-refractivity contribution < 1.29 is 0 Å². The van der Waals surface area contributed by atoms with Crippen LogP contribution in [0.3, 0.4) is 0 Å². The molecule has 0 amide bonds. The smallest absolute Gasteiger partial charge is 0.0406 e. The highest BCUT2D eigenvalue weighted by molar-refractivity contribution is 6.30. The van der Waals surface area contributed by atoms with E-state index in [-0.39, 0.29) is 0 Å². The van der Waals surface area contributed by atoms with E-state index < -0.39 is 0 Å². The van der Waals surface area contributed by atoms with Gasteiger partial charge < -0.3 is 5.32 Å². The highest BCUT2D eigenvalue weighted by Crippen LogP contribution is 2.40. The second-order valence-corrected chi connectivity index (χ2v) is 4.79. The van der Waals surface area contributed by atoms with Gasteiger partial charge in [0.2, 0.25) is 0 Å². The van der Waals surface area contributed by atoms with E-state index in [0.717, 1.165) is 11.6 Å². The van der Waals surface area contributed by atoms with Gasteiger partial charge in [0.1, 0.15) is 0 Å². The van der Waals surface area contributed by atoms with Gasteiger partial charge in [-0.2, -0.15) is 0 Å². The SMILES string of the molecule is CC1(C)CNC1c1ccc(Cl)cc1. The van der Waals surface area contributed by atoms with Gasteiger partial charge in [-0.25, -0.2) is 0 Å². The molecule has 0 bridgehead atoms. The number of halogens is 1. The predicted molar refractivity (Wildman–Crippen MR) is 56.0 cm³/mol. The summed E-state index contributed by atoms with van der Waals surface area (Å²) in [6.45, 7) is 5.66. The molecule has 1 aliphatic heterocycles. The molecule has 1 heterocycles. The first kappa shape index (κ1) is 9.04. The molecule has 70 valence electrons. The molecule has 1 N–H and O–H groups in total. The quantitative estimate of drug-likeness (QED) is 0.727. The van der Waals surface area contributed by atoms with Crippen LogP contribution in [0.15, 0.2) is 24.3 Å². The maximum absolute atomic E-state index is 5.83. The molecule has 1 unspecified atom stereocenters. The number of hydrogen-bond acceptors (Lipinski definition) is 1. The lowest BCUT2D eigenvalue weighted by Gasteiger charge is -2.46. The van der Waals surface area contributed by atoms with Crippen LogP contribution in [0.25, 0.3) is 0 Å². The molecule has 0 aromatic heterocycles. The Morgan fingerprint density at radius 1 is 1.31 bits per heavy atom. The lowest BCUT2D eigenvalue weighted by molar-refractivity contribution is 0.128. The summed E-state index contributed by atoms with van der Waals surface area (Å²) in [5, 5.41) is 4.23. The molecule has 1 nitrogen and oxygen atoms in total. The van der Waals surface area contributed by atoms with Crippen molar-refractivity contribution in [3.8, 4) is 0 Å². The molecule has 0 spiro atoms. The Bertz CT molecular complexity index is 302. The maximum atomic E-state index is 5.83. The van der Waals surface area contributed by atoms with Crippen LogP contribution in [0.4, 0.5) is 0 Å². The Labute approximate surface area is 84.1 Å². The summed E-state index contributed by atoms with van der Waals surface area (Å²) in [5.41, 5.74) is 1.72. The lowest BCUT2D eigenvalue weighted by atomic mass is 9.74. The normalized spacial score (nSPS) is 25.3. The van der Waals surface area contributed by atoms with Crippen LogP contribution in [0.1, 0.15) is 25.5 Å². The summed E-state index contributed by atoms with van der Waals surface area (Å²) >= 11 is 5.83. The van der Waals surface area contributed by atoms with Crippen LogP contribution in [0.2, 0.25) is 5.02 Å². The second-order valence-electron chi connectivity index (χ2n) is 4.35. The van der Waals surface area contributed by atoms with Crippen molar-refractivity contribution in [2.75, 3.05) is 6.54 Å². The average Bonchev–Trinajstić information content (AvgIpc) is 2.07. The largest absolute Gasteiger partial charge is 0.309 e. The molecule has 0 radical (unpaired) electrons. The molecule has 1 fully saturated rings. The van der Waals surface area contributed by atoms with Crippen molar-refractivity contribution in [1.29, 1.82) is 0 Å². The second kappa shape index (κ2) is 3.00. The summed E-state index contributed by atoms with van der Waals surface area (Å²) < 4.78 is 0. The molecule has 1 aromatic carbocycles. The summed E-state index contributed by atoms with van der Waals surface area (Å²) in [6.07, 6.45) is 0. The fourth-order valence-electron chi connectivity index (χ4n) is 1.84. The molecular formula is C11H14ClN. The van der Waals surface area contributed by atoms with E-state index in [4.69, 9.17) is 11.6 Å². The topological polar surface area (TPSA) is 12.0 Å². The van der Waals surface area contributed by atoms with Gasteiger partial charge in [0.05, 0.1) is 0 Å². The standard InChI is InChI=1S/C11H14ClN/c1-11(2)7-13-10(11)8-3-5-9(12)6-4-8/h3-6,10,13H,7H2,1-2H3. The summed E-state index contributed by atoms with van der Waals surface area (Å²) in [7, 11) is 0. The van der Waals surface area contributed by atoms with E-state index in [1.54, 1.807) is 0 Å². The first-order valence-electron chi connectivity index (χ1n) is 4.58. The van der Waals surface area contributed by atoms with Crippen molar-refractivity contribution in [3.05, 3.63) is 34.9 Å². The van der Waals surface area contributed by atoms with Gasteiger partial charge in [-0.3, -0.25) is 0 Å². The molecule has 13 heavy (non-hydrogen) atoms. The van der Waals surface area contributed by atoms with E-state index in [0.29, 0.717) is 11.5 Å². The molecule has 2 rings (SSSR count). The van der Waals surface area contributed by atoms with Gasteiger partial charge in [-0.1, -0.05) is 37.6 Å². The van der Waals surface area contributed by atoms with Crippen molar-refractivity contribution in [2.24, 2.45) is 5.41 Å². The minimum Gasteiger partial charge on any atom is -0.309 e. The molecule has 0 aliphatic carbocycles. The lowest BCUT2D eigenvalue weighted by Crippen LogP contribution is -2.52. The van der Waals surface area contributed by atoms with Gasteiger partial charge >= 0.3 is 0 Å². The van der Waals surface area contributed by atoms with Crippen molar-refractivity contribution in [1.82, 2.24) is 5.32 Å². The Balaban J connectivity index is 2.22. The zero-order chi connectivity index (χ0) is 9.47. The van der Waals surface area contributed by atoms with Crippen molar-refractivity contribution >= 4 is 11.6 Å². The van der Waals surface area contributed by atoms with Gasteiger partial charge in [0, 0.05) is 17.6 Å². The van der Waals surface area contributed by atoms with Crippen molar-refractivity contribution in [2.45, 2.75) is 19.9 Å². The maximum Gasteiger partial charge on any atom is 0.0406 e. The van der Waals surface area contributed by atoms with E-state index >= 15 is 0 Å². The highest BCUT2D eigenvalue weighted by Gasteiger charge is 2.38. The molecule has 1 saturated heterocycles. The first-order chi connectivity index (χ1) is 6.09. The molecule has 2 heteroatoms. The third kappa shape index (κ3) is 1.59. The summed E-state index contributed by atoms with van der Waals surface area (Å²) in [4.78, 5) is 0. The van der Waals surface area contributed by atoms with Gasteiger partial charge in [-0.05, 0) is 23.1 Å². The zero-order valence-corrected chi connectivity index (χ0v) is 8.73. The van der Waals surface area contributed by atoms with Crippen LogP contribution < -0.4 is 5.32 Å².